The third kappa shape index (κ3) is 7.64. The summed E-state index contributed by atoms with van der Waals surface area (Å²) in [4.78, 5) is 29.8. The van der Waals surface area contributed by atoms with Crippen LogP contribution < -0.4 is 9.62 Å². The van der Waals surface area contributed by atoms with Crippen LogP contribution in [0.3, 0.4) is 0 Å². The first-order valence-corrected chi connectivity index (χ1v) is 16.7. The SMILES string of the molecule is CSc1ccc(S(=O)(=O)N(CC(=O)N(Cc2ccccc2Cl)C(C)C(=O)NC2CCCC2)c2ccc(C)cc2)cc1. The Bertz CT molecular complexity index is 1460. The Morgan fingerprint density at radius 2 is 1.63 bits per heavy atom. The first kappa shape index (κ1) is 30.9. The lowest BCUT2D eigenvalue weighted by molar-refractivity contribution is -0.139. The summed E-state index contributed by atoms with van der Waals surface area (Å²) in [6.07, 6.45) is 5.85. The van der Waals surface area contributed by atoms with Gasteiger partial charge in [0.05, 0.1) is 10.6 Å². The van der Waals surface area contributed by atoms with Crippen LogP contribution in [0.4, 0.5) is 5.69 Å². The van der Waals surface area contributed by atoms with E-state index in [-0.39, 0.29) is 23.4 Å². The smallest absolute Gasteiger partial charge is 0.264 e. The molecular formula is C31H36ClN3O4S2. The van der Waals surface area contributed by atoms with E-state index in [9.17, 15) is 18.0 Å². The van der Waals surface area contributed by atoms with Gasteiger partial charge in [-0.25, -0.2) is 8.42 Å². The molecule has 1 aliphatic carbocycles. The highest BCUT2D eigenvalue weighted by Gasteiger charge is 2.33. The molecule has 2 amide bonds. The average molecular weight is 614 g/mol. The van der Waals surface area contributed by atoms with E-state index in [0.717, 1.165) is 40.4 Å². The first-order chi connectivity index (χ1) is 19.6. The number of sulfonamides is 1. The first-order valence-electron chi connectivity index (χ1n) is 13.7. The van der Waals surface area contributed by atoms with Crippen molar-refractivity contribution in [3.8, 4) is 0 Å². The van der Waals surface area contributed by atoms with E-state index in [1.165, 1.54) is 16.7 Å². The fourth-order valence-corrected chi connectivity index (χ4v) is 6.92. The number of thioether (sulfide) groups is 1. The number of nitrogens with zero attached hydrogens (tertiary/aromatic N) is 2. The zero-order valence-corrected chi connectivity index (χ0v) is 25.9. The summed E-state index contributed by atoms with van der Waals surface area (Å²) in [7, 11) is -4.12. The molecule has 1 N–H and O–H groups in total. The number of aryl methyl sites for hydroxylation is 1. The second-order valence-corrected chi connectivity index (χ2v) is 13.5. The molecule has 1 atom stereocenters. The van der Waals surface area contributed by atoms with Crippen LogP contribution in [-0.4, -0.2) is 50.0 Å². The summed E-state index contributed by atoms with van der Waals surface area (Å²) in [5.74, 6) is -0.779. The monoisotopic (exact) mass is 613 g/mol. The van der Waals surface area contributed by atoms with Crippen LogP contribution in [0.25, 0.3) is 0 Å². The zero-order chi connectivity index (χ0) is 29.6. The number of hydrogen-bond acceptors (Lipinski definition) is 5. The second kappa shape index (κ2) is 13.8. The maximum Gasteiger partial charge on any atom is 0.264 e. The highest BCUT2D eigenvalue weighted by Crippen LogP contribution is 2.27. The van der Waals surface area contributed by atoms with E-state index in [1.807, 2.05) is 19.2 Å². The predicted octanol–water partition coefficient (Wildman–Crippen LogP) is 6.04. The molecule has 0 saturated heterocycles. The van der Waals surface area contributed by atoms with E-state index < -0.39 is 28.5 Å². The standard InChI is InChI=1S/C31H36ClN3O4S2/c1-22-12-14-26(15-13-22)35(41(38,39)28-18-16-27(40-3)17-19-28)21-30(36)34(20-24-8-4-7-11-29(24)32)23(2)31(37)33-25-9-5-6-10-25/h4,7-8,11-19,23,25H,5-6,9-10,20-21H2,1-3H3,(H,33,37). The Balaban J connectivity index is 1.69. The average Bonchev–Trinajstić information content (AvgIpc) is 3.48. The molecule has 0 aromatic heterocycles. The quantitative estimate of drug-likeness (QED) is 0.266. The molecule has 4 rings (SSSR count). The molecule has 1 fully saturated rings. The number of carbonyl (C=O) groups excluding carboxylic acids is 2. The molecule has 3 aromatic rings. The van der Waals surface area contributed by atoms with Crippen molar-refractivity contribution in [2.75, 3.05) is 17.1 Å². The summed E-state index contributed by atoms with van der Waals surface area (Å²) in [5.41, 5.74) is 1.98. The van der Waals surface area contributed by atoms with Crippen molar-refractivity contribution < 1.29 is 18.0 Å². The number of carbonyl (C=O) groups is 2. The van der Waals surface area contributed by atoms with Crippen LogP contribution >= 0.6 is 23.4 Å². The van der Waals surface area contributed by atoms with Crippen LogP contribution in [0.1, 0.15) is 43.7 Å². The van der Waals surface area contributed by atoms with Gasteiger partial charge in [0.15, 0.2) is 0 Å². The Kier molecular flexibility index (Phi) is 10.4. The molecule has 0 bridgehead atoms. The minimum Gasteiger partial charge on any atom is -0.352 e. The molecule has 7 nitrogen and oxygen atoms in total. The minimum absolute atomic E-state index is 0.0575. The van der Waals surface area contributed by atoms with Crippen LogP contribution in [0.15, 0.2) is 82.6 Å². The number of benzene rings is 3. The van der Waals surface area contributed by atoms with Gasteiger partial charge in [0.2, 0.25) is 11.8 Å². The maximum absolute atomic E-state index is 14.1. The summed E-state index contributed by atoms with van der Waals surface area (Å²) in [6.45, 7) is 3.15. The molecule has 1 unspecified atom stereocenters. The van der Waals surface area contributed by atoms with Crippen molar-refractivity contribution in [2.24, 2.45) is 0 Å². The molecule has 0 heterocycles. The molecule has 0 aliphatic heterocycles. The number of halogens is 1. The van der Waals surface area contributed by atoms with E-state index in [1.54, 1.807) is 73.7 Å². The fraction of sp³-hybridized carbons (Fsp3) is 0.355. The van der Waals surface area contributed by atoms with Crippen molar-refractivity contribution >= 4 is 50.9 Å². The number of anilines is 1. The van der Waals surface area contributed by atoms with Gasteiger partial charge in [0, 0.05) is 22.5 Å². The summed E-state index contributed by atoms with van der Waals surface area (Å²) < 4.78 is 29.1. The molecule has 10 heteroatoms. The topological polar surface area (TPSA) is 86.8 Å². The Morgan fingerprint density at radius 3 is 2.24 bits per heavy atom. The molecule has 1 saturated carbocycles. The molecule has 0 spiro atoms. The largest absolute Gasteiger partial charge is 0.352 e. The van der Waals surface area contributed by atoms with Gasteiger partial charge in [-0.1, -0.05) is 60.3 Å². The van der Waals surface area contributed by atoms with Gasteiger partial charge >= 0.3 is 0 Å². The van der Waals surface area contributed by atoms with E-state index in [2.05, 4.69) is 5.32 Å². The van der Waals surface area contributed by atoms with Crippen LogP contribution in [0.5, 0.6) is 0 Å². The highest BCUT2D eigenvalue weighted by atomic mass is 35.5. The molecule has 218 valence electrons. The maximum atomic E-state index is 14.1. The van der Waals surface area contributed by atoms with Gasteiger partial charge in [0.1, 0.15) is 12.6 Å². The van der Waals surface area contributed by atoms with Crippen LogP contribution in [-0.2, 0) is 26.2 Å². The molecule has 3 aromatic carbocycles. The fourth-order valence-electron chi connectivity index (χ4n) is 4.90. The van der Waals surface area contributed by atoms with Crippen molar-refractivity contribution in [1.82, 2.24) is 10.2 Å². The van der Waals surface area contributed by atoms with Gasteiger partial charge in [-0.15, -0.1) is 11.8 Å². The summed E-state index contributed by atoms with van der Waals surface area (Å²) >= 11 is 7.95. The lowest BCUT2D eigenvalue weighted by atomic mass is 10.1. The van der Waals surface area contributed by atoms with Crippen molar-refractivity contribution in [2.45, 2.75) is 68.0 Å². The molecule has 41 heavy (non-hydrogen) atoms. The normalized spacial score (nSPS) is 14.4. The van der Waals surface area contributed by atoms with E-state index >= 15 is 0 Å². The zero-order valence-electron chi connectivity index (χ0n) is 23.5. The van der Waals surface area contributed by atoms with E-state index in [4.69, 9.17) is 11.6 Å². The molecular weight excluding hydrogens is 578 g/mol. The minimum atomic E-state index is -4.12. The Labute approximate surface area is 252 Å². The van der Waals surface area contributed by atoms with Gasteiger partial charge < -0.3 is 10.2 Å². The third-order valence-electron chi connectivity index (χ3n) is 7.42. The van der Waals surface area contributed by atoms with E-state index in [0.29, 0.717) is 16.3 Å². The second-order valence-electron chi connectivity index (χ2n) is 10.3. The van der Waals surface area contributed by atoms with Gasteiger partial charge in [-0.2, -0.15) is 0 Å². The van der Waals surface area contributed by atoms with Crippen molar-refractivity contribution in [3.63, 3.8) is 0 Å². The van der Waals surface area contributed by atoms with Crippen molar-refractivity contribution in [1.29, 1.82) is 0 Å². The van der Waals surface area contributed by atoms with Crippen LogP contribution in [0, 0.1) is 6.92 Å². The Morgan fingerprint density at radius 1 is 1.00 bits per heavy atom. The number of hydrogen-bond donors (Lipinski definition) is 1. The van der Waals surface area contributed by atoms with Crippen LogP contribution in [0.2, 0.25) is 5.02 Å². The highest BCUT2D eigenvalue weighted by molar-refractivity contribution is 7.98. The third-order valence-corrected chi connectivity index (χ3v) is 10.3. The summed E-state index contributed by atoms with van der Waals surface area (Å²) in [6, 6.07) is 19.9. The number of rotatable bonds is 11. The van der Waals surface area contributed by atoms with Crippen molar-refractivity contribution in [3.05, 3.63) is 88.9 Å². The Hall–Kier alpha value is -3.01. The molecule has 1 aliphatic rings. The predicted molar refractivity (Wildman–Crippen MR) is 166 cm³/mol. The number of amides is 2. The summed E-state index contributed by atoms with van der Waals surface area (Å²) in [5, 5.41) is 3.54. The van der Waals surface area contributed by atoms with Gasteiger partial charge in [-0.3, -0.25) is 13.9 Å². The lowest BCUT2D eigenvalue weighted by Crippen LogP contribution is -2.52. The lowest BCUT2D eigenvalue weighted by Gasteiger charge is -2.32. The van der Waals surface area contributed by atoms with Gasteiger partial charge in [0.25, 0.3) is 10.0 Å². The number of nitrogens with one attached hydrogen (secondary N) is 1. The van der Waals surface area contributed by atoms with Gasteiger partial charge in [-0.05, 0) is 81.0 Å². The molecule has 0 radical (unpaired) electrons.